The molecule has 82 valence electrons. The predicted molar refractivity (Wildman–Crippen MR) is 59.7 cm³/mol. The maximum Gasteiger partial charge on any atom is 0.225 e. The summed E-state index contributed by atoms with van der Waals surface area (Å²) in [6, 6.07) is 1.70. The standard InChI is InChI=1S/C9H11Cl2N3O/c1-9(15-2)4-14(5-9)7-3-6(10)12-8(11)13-7/h3H,4-5H2,1-2H3. The second kappa shape index (κ2) is 3.77. The number of ether oxygens (including phenoxy) is 1. The number of halogens is 2. The lowest BCUT2D eigenvalue weighted by Crippen LogP contribution is -2.61. The Labute approximate surface area is 98.2 Å². The highest BCUT2D eigenvalue weighted by Crippen LogP contribution is 2.29. The molecule has 0 atom stereocenters. The number of aromatic nitrogens is 2. The highest BCUT2D eigenvalue weighted by Gasteiger charge is 2.39. The summed E-state index contributed by atoms with van der Waals surface area (Å²) in [4.78, 5) is 9.93. The van der Waals surface area contributed by atoms with Gasteiger partial charge in [0.1, 0.15) is 11.0 Å². The topological polar surface area (TPSA) is 38.2 Å². The molecule has 1 aromatic heterocycles. The zero-order valence-corrected chi connectivity index (χ0v) is 10.0. The minimum absolute atomic E-state index is 0.0934. The van der Waals surface area contributed by atoms with Crippen molar-refractivity contribution in [1.29, 1.82) is 0 Å². The van der Waals surface area contributed by atoms with Crippen LogP contribution in [0.3, 0.4) is 0 Å². The molecule has 0 N–H and O–H groups in total. The number of rotatable bonds is 2. The van der Waals surface area contributed by atoms with Crippen molar-refractivity contribution in [2.75, 3.05) is 25.1 Å². The van der Waals surface area contributed by atoms with Gasteiger partial charge < -0.3 is 9.64 Å². The maximum absolute atomic E-state index is 5.79. The van der Waals surface area contributed by atoms with E-state index in [4.69, 9.17) is 27.9 Å². The Morgan fingerprint density at radius 1 is 1.40 bits per heavy atom. The quantitative estimate of drug-likeness (QED) is 0.592. The number of hydrogen-bond donors (Lipinski definition) is 0. The van der Waals surface area contributed by atoms with E-state index >= 15 is 0 Å². The summed E-state index contributed by atoms with van der Waals surface area (Å²) in [6.45, 7) is 3.62. The van der Waals surface area contributed by atoms with Crippen molar-refractivity contribution >= 4 is 29.0 Å². The molecule has 1 aromatic rings. The molecule has 2 rings (SSSR count). The fraction of sp³-hybridized carbons (Fsp3) is 0.556. The minimum Gasteiger partial charge on any atom is -0.375 e. The first-order valence-corrected chi connectivity index (χ1v) is 5.28. The third kappa shape index (κ3) is 2.17. The zero-order valence-electron chi connectivity index (χ0n) is 8.50. The van der Waals surface area contributed by atoms with Crippen LogP contribution in [0.4, 0.5) is 5.82 Å². The molecule has 0 bridgehead atoms. The Morgan fingerprint density at radius 3 is 2.60 bits per heavy atom. The van der Waals surface area contributed by atoms with Gasteiger partial charge in [-0.1, -0.05) is 11.6 Å². The largest absolute Gasteiger partial charge is 0.375 e. The van der Waals surface area contributed by atoms with Gasteiger partial charge >= 0.3 is 0 Å². The van der Waals surface area contributed by atoms with Crippen molar-refractivity contribution in [3.05, 3.63) is 16.5 Å². The van der Waals surface area contributed by atoms with Crippen LogP contribution in [0.25, 0.3) is 0 Å². The second-order valence-corrected chi connectivity index (χ2v) is 4.55. The number of methoxy groups -OCH3 is 1. The van der Waals surface area contributed by atoms with Crippen molar-refractivity contribution in [2.45, 2.75) is 12.5 Å². The molecule has 0 unspecified atom stereocenters. The van der Waals surface area contributed by atoms with Crippen LogP contribution in [-0.4, -0.2) is 35.8 Å². The van der Waals surface area contributed by atoms with Crippen LogP contribution in [0.5, 0.6) is 0 Å². The van der Waals surface area contributed by atoms with Crippen molar-refractivity contribution in [3.63, 3.8) is 0 Å². The van der Waals surface area contributed by atoms with Gasteiger partial charge in [0.25, 0.3) is 0 Å². The zero-order chi connectivity index (χ0) is 11.1. The van der Waals surface area contributed by atoms with Crippen LogP contribution >= 0.6 is 23.2 Å². The van der Waals surface area contributed by atoms with Crippen LogP contribution in [0.1, 0.15) is 6.92 Å². The Bertz CT molecular complexity index is 359. The first-order chi connectivity index (χ1) is 7.02. The average Bonchev–Trinajstić information content (AvgIpc) is 2.11. The van der Waals surface area contributed by atoms with Crippen molar-refractivity contribution < 1.29 is 4.74 Å². The molecule has 0 aliphatic carbocycles. The molecule has 6 heteroatoms. The lowest BCUT2D eigenvalue weighted by atomic mass is 9.97. The van der Waals surface area contributed by atoms with Gasteiger partial charge in [-0.2, -0.15) is 0 Å². The van der Waals surface area contributed by atoms with Crippen molar-refractivity contribution in [2.24, 2.45) is 0 Å². The van der Waals surface area contributed by atoms with E-state index in [1.807, 2.05) is 11.8 Å². The monoisotopic (exact) mass is 247 g/mol. The molecule has 0 aromatic carbocycles. The minimum atomic E-state index is -0.0934. The molecule has 0 saturated carbocycles. The van der Waals surface area contributed by atoms with E-state index < -0.39 is 0 Å². The molecule has 1 fully saturated rings. The molecule has 2 heterocycles. The average molecular weight is 248 g/mol. The van der Waals surface area contributed by atoms with E-state index in [0.717, 1.165) is 18.9 Å². The van der Waals surface area contributed by atoms with E-state index in [9.17, 15) is 0 Å². The normalized spacial score (nSPS) is 18.8. The number of hydrogen-bond acceptors (Lipinski definition) is 4. The summed E-state index contributed by atoms with van der Waals surface area (Å²) in [5.74, 6) is 0.745. The molecule has 0 spiro atoms. The Morgan fingerprint density at radius 2 is 2.07 bits per heavy atom. The predicted octanol–water partition coefficient (Wildman–Crippen LogP) is 2.01. The molecule has 15 heavy (non-hydrogen) atoms. The molecular formula is C9H11Cl2N3O. The van der Waals surface area contributed by atoms with Gasteiger partial charge in [-0.05, 0) is 18.5 Å². The first-order valence-electron chi connectivity index (χ1n) is 4.53. The number of nitrogens with zero attached hydrogens (tertiary/aromatic N) is 3. The second-order valence-electron chi connectivity index (χ2n) is 3.83. The maximum atomic E-state index is 5.79. The Balaban J connectivity index is 2.13. The van der Waals surface area contributed by atoms with Gasteiger partial charge in [-0.3, -0.25) is 0 Å². The van der Waals surface area contributed by atoms with Gasteiger partial charge in [0.2, 0.25) is 5.28 Å². The van der Waals surface area contributed by atoms with Gasteiger partial charge in [0, 0.05) is 26.3 Å². The lowest BCUT2D eigenvalue weighted by Gasteiger charge is -2.47. The van der Waals surface area contributed by atoms with Crippen LogP contribution in [0.15, 0.2) is 6.07 Å². The van der Waals surface area contributed by atoms with Crippen molar-refractivity contribution in [1.82, 2.24) is 9.97 Å². The SMILES string of the molecule is COC1(C)CN(c2cc(Cl)nc(Cl)n2)C1. The van der Waals surface area contributed by atoms with Gasteiger partial charge in [-0.25, -0.2) is 9.97 Å². The highest BCUT2D eigenvalue weighted by atomic mass is 35.5. The summed E-state index contributed by atoms with van der Waals surface area (Å²) >= 11 is 11.5. The molecule has 1 aliphatic rings. The van der Waals surface area contributed by atoms with Gasteiger partial charge in [-0.15, -0.1) is 0 Å². The van der Waals surface area contributed by atoms with E-state index in [0.29, 0.717) is 5.15 Å². The summed E-state index contributed by atoms with van der Waals surface area (Å²) < 4.78 is 5.33. The fourth-order valence-corrected chi connectivity index (χ4v) is 1.99. The van der Waals surface area contributed by atoms with E-state index in [-0.39, 0.29) is 10.9 Å². The highest BCUT2D eigenvalue weighted by molar-refractivity contribution is 6.32. The Kier molecular flexibility index (Phi) is 2.75. The van der Waals surface area contributed by atoms with Gasteiger partial charge in [0.05, 0.1) is 5.60 Å². The van der Waals surface area contributed by atoms with E-state index in [2.05, 4.69) is 9.97 Å². The smallest absolute Gasteiger partial charge is 0.225 e. The fourth-order valence-electron chi connectivity index (χ4n) is 1.59. The lowest BCUT2D eigenvalue weighted by molar-refractivity contribution is -0.0171. The van der Waals surface area contributed by atoms with Crippen LogP contribution in [0, 0.1) is 0 Å². The number of anilines is 1. The van der Waals surface area contributed by atoms with E-state index in [1.54, 1.807) is 13.2 Å². The molecule has 0 amide bonds. The summed E-state index contributed by atoms with van der Waals surface area (Å²) in [5.41, 5.74) is -0.0934. The van der Waals surface area contributed by atoms with Crippen LogP contribution in [-0.2, 0) is 4.74 Å². The van der Waals surface area contributed by atoms with Gasteiger partial charge in [0.15, 0.2) is 0 Å². The summed E-state index contributed by atoms with van der Waals surface area (Å²) in [6.07, 6.45) is 0. The first kappa shape index (κ1) is 10.9. The molecule has 4 nitrogen and oxygen atoms in total. The Hall–Kier alpha value is -0.580. The molecule has 1 saturated heterocycles. The van der Waals surface area contributed by atoms with Crippen LogP contribution < -0.4 is 4.90 Å². The molecule has 0 radical (unpaired) electrons. The van der Waals surface area contributed by atoms with Crippen molar-refractivity contribution in [3.8, 4) is 0 Å². The third-order valence-corrected chi connectivity index (χ3v) is 2.88. The van der Waals surface area contributed by atoms with E-state index in [1.165, 1.54) is 0 Å². The summed E-state index contributed by atoms with van der Waals surface area (Å²) in [5, 5.41) is 0.527. The molecule has 1 aliphatic heterocycles. The summed E-state index contributed by atoms with van der Waals surface area (Å²) in [7, 11) is 1.71. The third-order valence-electron chi connectivity index (χ3n) is 2.52. The van der Waals surface area contributed by atoms with Crippen LogP contribution in [0.2, 0.25) is 10.4 Å². The molecular weight excluding hydrogens is 237 g/mol.